The van der Waals surface area contributed by atoms with Gasteiger partial charge >= 0.3 is 0 Å². The molecule has 0 radical (unpaired) electrons. The van der Waals surface area contributed by atoms with E-state index in [2.05, 4.69) is 10.4 Å². The highest BCUT2D eigenvalue weighted by molar-refractivity contribution is 5.94. The maximum Gasteiger partial charge on any atom is 0.226 e. The highest BCUT2D eigenvalue weighted by Gasteiger charge is 2.34. The molecule has 2 heterocycles. The lowest BCUT2D eigenvalue weighted by atomic mass is 9.86. The van der Waals surface area contributed by atoms with Gasteiger partial charge in [-0.25, -0.2) is 4.68 Å². The van der Waals surface area contributed by atoms with Gasteiger partial charge in [-0.15, -0.1) is 0 Å². The number of fused-ring (bicyclic) bond motifs is 1. The van der Waals surface area contributed by atoms with Crippen LogP contribution >= 0.6 is 0 Å². The monoisotopic (exact) mass is 371 g/mol. The van der Waals surface area contributed by atoms with E-state index in [-0.39, 0.29) is 11.8 Å². The maximum atomic E-state index is 12.5. The number of nitrogens with one attached hydrogen (secondary N) is 1. The molecule has 4 rings (SSSR count). The molecular formula is C20H25N3O4. The maximum absolute atomic E-state index is 12.5. The topological polar surface area (TPSA) is 74.6 Å². The van der Waals surface area contributed by atoms with Gasteiger partial charge in [0.2, 0.25) is 5.91 Å². The van der Waals surface area contributed by atoms with E-state index in [0.717, 1.165) is 29.8 Å². The number of carbonyl (C=O) groups excluding carboxylic acids is 1. The van der Waals surface area contributed by atoms with Crippen LogP contribution in [-0.2, 0) is 4.79 Å². The van der Waals surface area contributed by atoms with Gasteiger partial charge in [0.1, 0.15) is 11.6 Å². The van der Waals surface area contributed by atoms with Crippen LogP contribution in [0.1, 0.15) is 55.2 Å². The standard InChI is InChI=1S/C20H25N3O4/c1-25-16-10-18(27-3)17(26-2)8-14(16)13-9-19(24)22-20-15(13)11-21-23(20)12-6-4-5-7-12/h8,10-13H,4-7,9H2,1-3H3,(H,22,24). The SMILES string of the molecule is COc1cc(OC)c(C2CC(=O)Nc3c2cnn3C2CCCC2)cc1OC. The molecule has 1 amide bonds. The van der Waals surface area contributed by atoms with Crippen LogP contribution < -0.4 is 19.5 Å². The zero-order valence-electron chi connectivity index (χ0n) is 15.9. The number of methoxy groups -OCH3 is 3. The third-order valence-corrected chi connectivity index (χ3v) is 5.63. The van der Waals surface area contributed by atoms with E-state index < -0.39 is 0 Å². The quantitative estimate of drug-likeness (QED) is 0.871. The molecular weight excluding hydrogens is 346 g/mol. The van der Waals surface area contributed by atoms with E-state index in [0.29, 0.717) is 29.7 Å². The van der Waals surface area contributed by atoms with Crippen molar-refractivity contribution in [3.05, 3.63) is 29.5 Å². The molecule has 1 aliphatic heterocycles. The second kappa shape index (κ2) is 7.13. The van der Waals surface area contributed by atoms with Gasteiger partial charge in [-0.05, 0) is 18.9 Å². The summed E-state index contributed by atoms with van der Waals surface area (Å²) in [6, 6.07) is 4.07. The summed E-state index contributed by atoms with van der Waals surface area (Å²) in [5.41, 5.74) is 1.92. The number of rotatable bonds is 5. The number of anilines is 1. The van der Waals surface area contributed by atoms with Crippen LogP contribution in [-0.4, -0.2) is 37.0 Å². The minimum Gasteiger partial charge on any atom is -0.496 e. The first kappa shape index (κ1) is 17.7. The fourth-order valence-electron chi connectivity index (χ4n) is 4.27. The number of amides is 1. The smallest absolute Gasteiger partial charge is 0.226 e. The molecule has 1 aromatic carbocycles. The Morgan fingerprint density at radius 1 is 1.00 bits per heavy atom. The number of nitrogens with zero attached hydrogens (tertiary/aromatic N) is 2. The van der Waals surface area contributed by atoms with Gasteiger partial charge in [-0.1, -0.05) is 12.8 Å². The van der Waals surface area contributed by atoms with E-state index in [1.807, 2.05) is 23.0 Å². The molecule has 1 aliphatic carbocycles. The average Bonchev–Trinajstić information content (AvgIpc) is 3.35. The van der Waals surface area contributed by atoms with Crippen LogP contribution in [0.15, 0.2) is 18.3 Å². The third-order valence-electron chi connectivity index (χ3n) is 5.63. The van der Waals surface area contributed by atoms with Crippen LogP contribution in [0, 0.1) is 0 Å². The Morgan fingerprint density at radius 3 is 2.33 bits per heavy atom. The van der Waals surface area contributed by atoms with Crippen molar-refractivity contribution in [2.45, 2.75) is 44.1 Å². The van der Waals surface area contributed by atoms with Crippen molar-refractivity contribution in [3.63, 3.8) is 0 Å². The summed E-state index contributed by atoms with van der Waals surface area (Å²) in [6.45, 7) is 0. The van der Waals surface area contributed by atoms with Crippen molar-refractivity contribution in [3.8, 4) is 17.2 Å². The molecule has 1 atom stereocenters. The molecule has 2 aliphatic rings. The van der Waals surface area contributed by atoms with Gasteiger partial charge in [0.15, 0.2) is 11.5 Å². The minimum absolute atomic E-state index is 0.0101. The Labute approximate surface area is 158 Å². The summed E-state index contributed by atoms with van der Waals surface area (Å²) in [6.07, 6.45) is 6.85. The minimum atomic E-state index is -0.140. The molecule has 1 aromatic heterocycles. The highest BCUT2D eigenvalue weighted by Crippen LogP contribution is 2.46. The van der Waals surface area contributed by atoms with E-state index in [1.54, 1.807) is 21.3 Å². The van der Waals surface area contributed by atoms with Crippen LogP contribution in [0.25, 0.3) is 0 Å². The van der Waals surface area contributed by atoms with E-state index in [9.17, 15) is 4.79 Å². The first-order chi connectivity index (χ1) is 13.2. The number of ether oxygens (including phenoxy) is 3. The Balaban J connectivity index is 1.81. The fourth-order valence-corrected chi connectivity index (χ4v) is 4.27. The number of aromatic nitrogens is 2. The Hall–Kier alpha value is -2.70. The van der Waals surface area contributed by atoms with Crippen LogP contribution in [0.3, 0.4) is 0 Å². The Bertz CT molecular complexity index is 855. The summed E-state index contributed by atoms with van der Waals surface area (Å²) >= 11 is 0. The first-order valence-corrected chi connectivity index (χ1v) is 9.33. The average molecular weight is 371 g/mol. The van der Waals surface area contributed by atoms with Crippen LogP contribution in [0.2, 0.25) is 0 Å². The second-order valence-electron chi connectivity index (χ2n) is 7.09. The lowest BCUT2D eigenvalue weighted by Gasteiger charge is -2.26. The lowest BCUT2D eigenvalue weighted by molar-refractivity contribution is -0.116. The van der Waals surface area contributed by atoms with E-state index in [4.69, 9.17) is 14.2 Å². The van der Waals surface area contributed by atoms with Crippen molar-refractivity contribution >= 4 is 11.7 Å². The molecule has 1 unspecified atom stereocenters. The predicted molar refractivity (Wildman–Crippen MR) is 101 cm³/mol. The van der Waals surface area contributed by atoms with E-state index >= 15 is 0 Å². The Morgan fingerprint density at radius 2 is 1.67 bits per heavy atom. The molecule has 0 bridgehead atoms. The van der Waals surface area contributed by atoms with Gasteiger partial charge in [0.25, 0.3) is 0 Å². The lowest BCUT2D eigenvalue weighted by Crippen LogP contribution is -2.26. The normalized spacial score (nSPS) is 19.5. The molecule has 7 heteroatoms. The summed E-state index contributed by atoms with van der Waals surface area (Å²) in [7, 11) is 4.82. The predicted octanol–water partition coefficient (Wildman–Crippen LogP) is 3.50. The van der Waals surface area contributed by atoms with Crippen molar-refractivity contribution in [2.24, 2.45) is 0 Å². The largest absolute Gasteiger partial charge is 0.496 e. The molecule has 0 saturated heterocycles. The number of hydrogen-bond donors (Lipinski definition) is 1. The Kier molecular flexibility index (Phi) is 4.68. The number of hydrogen-bond acceptors (Lipinski definition) is 5. The van der Waals surface area contributed by atoms with Crippen LogP contribution in [0.5, 0.6) is 17.2 Å². The zero-order chi connectivity index (χ0) is 19.0. The molecule has 0 spiro atoms. The summed E-state index contributed by atoms with van der Waals surface area (Å²) in [5.74, 6) is 2.55. The van der Waals surface area contributed by atoms with Crippen molar-refractivity contribution in [1.82, 2.24) is 9.78 Å². The van der Waals surface area contributed by atoms with E-state index in [1.165, 1.54) is 12.8 Å². The van der Waals surface area contributed by atoms with Gasteiger partial charge < -0.3 is 19.5 Å². The van der Waals surface area contributed by atoms with Gasteiger partial charge in [0.05, 0.1) is 33.6 Å². The second-order valence-corrected chi connectivity index (χ2v) is 7.09. The number of carbonyl (C=O) groups is 1. The molecule has 1 fully saturated rings. The fraction of sp³-hybridized carbons (Fsp3) is 0.500. The van der Waals surface area contributed by atoms with Crippen molar-refractivity contribution in [2.75, 3.05) is 26.6 Å². The summed E-state index contributed by atoms with van der Waals surface area (Å²) in [4.78, 5) is 12.5. The van der Waals surface area contributed by atoms with Gasteiger partial charge in [-0.2, -0.15) is 5.10 Å². The van der Waals surface area contributed by atoms with Gasteiger partial charge in [0, 0.05) is 29.5 Å². The first-order valence-electron chi connectivity index (χ1n) is 9.33. The zero-order valence-corrected chi connectivity index (χ0v) is 15.9. The molecule has 2 aromatic rings. The van der Waals surface area contributed by atoms with Crippen molar-refractivity contribution in [1.29, 1.82) is 0 Å². The molecule has 1 N–H and O–H groups in total. The van der Waals surface area contributed by atoms with Gasteiger partial charge in [-0.3, -0.25) is 4.79 Å². The summed E-state index contributed by atoms with van der Waals surface area (Å²) < 4.78 is 18.5. The van der Waals surface area contributed by atoms with Crippen LogP contribution in [0.4, 0.5) is 5.82 Å². The molecule has 27 heavy (non-hydrogen) atoms. The molecule has 7 nitrogen and oxygen atoms in total. The highest BCUT2D eigenvalue weighted by atomic mass is 16.5. The van der Waals surface area contributed by atoms with Crippen molar-refractivity contribution < 1.29 is 19.0 Å². The number of benzene rings is 1. The third kappa shape index (κ3) is 3.01. The molecule has 144 valence electrons. The molecule has 1 saturated carbocycles. The summed E-state index contributed by atoms with van der Waals surface area (Å²) in [5, 5.41) is 7.67.